The molecule has 3 unspecified atom stereocenters. The van der Waals surface area contributed by atoms with Crippen LogP contribution in [0.5, 0.6) is 0 Å². The van der Waals surface area contributed by atoms with Crippen molar-refractivity contribution in [2.75, 3.05) is 5.75 Å². The van der Waals surface area contributed by atoms with E-state index < -0.39 is 24.1 Å². The molecule has 134 valence electrons. The molecule has 0 saturated heterocycles. The first kappa shape index (κ1) is 19.4. The summed E-state index contributed by atoms with van der Waals surface area (Å²) in [4.78, 5) is 15.2. The summed E-state index contributed by atoms with van der Waals surface area (Å²) >= 11 is 1.14. The number of carboxylic acids is 1. The average molecular weight is 363 g/mol. The zero-order valence-corrected chi connectivity index (χ0v) is 14.6. The quantitative estimate of drug-likeness (QED) is 0.532. The van der Waals surface area contributed by atoms with Gasteiger partial charge >= 0.3 is 5.97 Å². The second-order valence-electron chi connectivity index (χ2n) is 5.74. The normalized spacial score (nSPS) is 14.7. The third-order valence-electron chi connectivity index (χ3n) is 4.00. The summed E-state index contributed by atoms with van der Waals surface area (Å²) in [6, 6.07) is 9.89. The van der Waals surface area contributed by atoms with Crippen LogP contribution < -0.4 is 0 Å². The Morgan fingerprint density at radius 1 is 1.20 bits per heavy atom. The zero-order valence-electron chi connectivity index (χ0n) is 13.7. The smallest absolute Gasteiger partial charge is 0.338 e. The van der Waals surface area contributed by atoms with E-state index in [4.69, 9.17) is 10.2 Å². The first-order valence-corrected chi connectivity index (χ1v) is 8.79. The van der Waals surface area contributed by atoms with Crippen molar-refractivity contribution < 1.29 is 25.2 Å². The molecule has 0 spiro atoms. The second-order valence-corrected chi connectivity index (χ2v) is 6.75. The molecule has 0 bridgehead atoms. The van der Waals surface area contributed by atoms with Gasteiger partial charge in [-0.05, 0) is 23.3 Å². The molecule has 0 aliphatic carbocycles. The van der Waals surface area contributed by atoms with Crippen LogP contribution in [0.2, 0.25) is 0 Å². The monoisotopic (exact) mass is 363 g/mol. The van der Waals surface area contributed by atoms with E-state index in [0.29, 0.717) is 10.6 Å². The molecule has 0 radical (unpaired) electrons. The molecule has 7 heteroatoms. The molecular formula is C18H21NO5S. The van der Waals surface area contributed by atoms with Crippen molar-refractivity contribution in [3.05, 3.63) is 59.3 Å². The van der Waals surface area contributed by atoms with Crippen LogP contribution >= 0.6 is 11.8 Å². The number of aromatic nitrogens is 1. The summed E-state index contributed by atoms with van der Waals surface area (Å²) in [6.07, 6.45) is -0.213. The van der Waals surface area contributed by atoms with E-state index in [1.54, 1.807) is 37.3 Å². The molecule has 4 N–H and O–H groups in total. The van der Waals surface area contributed by atoms with Crippen molar-refractivity contribution in [1.82, 2.24) is 4.98 Å². The SMILES string of the molecule is CC(C(O)CSc1ncccc1C(=O)O)C(O)c1ccc(CO)cc1. The number of nitrogens with zero attached hydrogens (tertiary/aromatic N) is 1. The van der Waals surface area contributed by atoms with Gasteiger partial charge in [-0.2, -0.15) is 0 Å². The van der Waals surface area contributed by atoms with Gasteiger partial charge in [0.25, 0.3) is 0 Å². The number of hydrogen-bond donors (Lipinski definition) is 4. The Morgan fingerprint density at radius 2 is 1.88 bits per heavy atom. The molecule has 6 nitrogen and oxygen atoms in total. The molecular weight excluding hydrogens is 342 g/mol. The highest BCUT2D eigenvalue weighted by Crippen LogP contribution is 2.29. The highest BCUT2D eigenvalue weighted by Gasteiger charge is 2.25. The summed E-state index contributed by atoms with van der Waals surface area (Å²) in [5.74, 6) is -1.31. The Labute approximate surface area is 150 Å². The third kappa shape index (κ3) is 5.02. The van der Waals surface area contributed by atoms with E-state index in [1.165, 1.54) is 12.3 Å². The highest BCUT2D eigenvalue weighted by molar-refractivity contribution is 7.99. The Hall–Kier alpha value is -1.93. The number of carbonyl (C=O) groups is 1. The van der Waals surface area contributed by atoms with Crippen molar-refractivity contribution >= 4 is 17.7 Å². The van der Waals surface area contributed by atoms with Gasteiger partial charge in [0.05, 0.1) is 24.4 Å². The van der Waals surface area contributed by atoms with E-state index in [-0.39, 0.29) is 17.9 Å². The molecule has 1 heterocycles. The molecule has 0 aliphatic heterocycles. The lowest BCUT2D eigenvalue weighted by Crippen LogP contribution is -2.26. The number of thioether (sulfide) groups is 1. The Morgan fingerprint density at radius 3 is 2.48 bits per heavy atom. The van der Waals surface area contributed by atoms with Crippen LogP contribution in [0.1, 0.15) is 34.5 Å². The molecule has 2 rings (SSSR count). The maximum absolute atomic E-state index is 11.2. The number of pyridine rings is 1. The lowest BCUT2D eigenvalue weighted by Gasteiger charge is -2.24. The first-order chi connectivity index (χ1) is 11.9. The van der Waals surface area contributed by atoms with Crippen LogP contribution in [0.25, 0.3) is 0 Å². The number of carboxylic acid groups (broad SMARTS) is 1. The molecule has 0 fully saturated rings. The Kier molecular flexibility index (Phi) is 6.95. The van der Waals surface area contributed by atoms with E-state index in [9.17, 15) is 15.0 Å². The summed E-state index contributed by atoms with van der Waals surface area (Å²) in [6.45, 7) is 1.66. The molecule has 0 amide bonds. The molecule has 25 heavy (non-hydrogen) atoms. The van der Waals surface area contributed by atoms with Gasteiger partial charge in [-0.15, -0.1) is 11.8 Å². The van der Waals surface area contributed by atoms with E-state index >= 15 is 0 Å². The summed E-state index contributed by atoms with van der Waals surface area (Å²) in [7, 11) is 0. The van der Waals surface area contributed by atoms with Crippen LogP contribution in [-0.4, -0.2) is 43.2 Å². The maximum atomic E-state index is 11.2. The van der Waals surface area contributed by atoms with Crippen molar-refractivity contribution in [1.29, 1.82) is 0 Å². The number of aromatic carboxylic acids is 1. The number of aliphatic hydroxyl groups is 3. The third-order valence-corrected chi connectivity index (χ3v) is 5.11. The van der Waals surface area contributed by atoms with E-state index in [0.717, 1.165) is 17.3 Å². The fourth-order valence-electron chi connectivity index (χ4n) is 2.32. The molecule has 0 saturated carbocycles. The predicted molar refractivity (Wildman–Crippen MR) is 94.4 cm³/mol. The van der Waals surface area contributed by atoms with Crippen LogP contribution in [0.4, 0.5) is 0 Å². The van der Waals surface area contributed by atoms with Crippen molar-refractivity contribution in [3.63, 3.8) is 0 Å². The molecule has 1 aromatic heterocycles. The maximum Gasteiger partial charge on any atom is 0.338 e. The van der Waals surface area contributed by atoms with Gasteiger partial charge in [-0.1, -0.05) is 31.2 Å². The number of aliphatic hydroxyl groups excluding tert-OH is 3. The minimum Gasteiger partial charge on any atom is -0.478 e. The highest BCUT2D eigenvalue weighted by atomic mass is 32.2. The Balaban J connectivity index is 1.99. The fourth-order valence-corrected chi connectivity index (χ4v) is 3.40. The largest absolute Gasteiger partial charge is 0.478 e. The molecule has 2 aromatic rings. The van der Waals surface area contributed by atoms with Gasteiger partial charge in [-0.25, -0.2) is 9.78 Å². The van der Waals surface area contributed by atoms with Crippen molar-refractivity contribution in [2.24, 2.45) is 5.92 Å². The summed E-state index contributed by atoms with van der Waals surface area (Å²) in [5.41, 5.74) is 1.49. The summed E-state index contributed by atoms with van der Waals surface area (Å²) in [5, 5.41) is 39.3. The van der Waals surface area contributed by atoms with Gasteiger partial charge in [0.2, 0.25) is 0 Å². The van der Waals surface area contributed by atoms with Crippen LogP contribution in [0.3, 0.4) is 0 Å². The molecule has 1 aromatic carbocycles. The standard InChI is InChI=1S/C18H21NO5S/c1-11(16(22)13-6-4-12(9-20)5-7-13)15(21)10-25-17-14(18(23)24)3-2-8-19-17/h2-8,11,15-16,20-22H,9-10H2,1H3,(H,23,24). The van der Waals surface area contributed by atoms with Crippen LogP contribution in [0.15, 0.2) is 47.6 Å². The summed E-state index contributed by atoms with van der Waals surface area (Å²) < 4.78 is 0. The lowest BCUT2D eigenvalue weighted by molar-refractivity contribution is 0.0330. The van der Waals surface area contributed by atoms with Crippen LogP contribution in [0, 0.1) is 5.92 Å². The number of rotatable bonds is 8. The van der Waals surface area contributed by atoms with Crippen LogP contribution in [-0.2, 0) is 6.61 Å². The lowest BCUT2D eigenvalue weighted by atomic mass is 9.93. The van der Waals surface area contributed by atoms with Gasteiger partial charge < -0.3 is 20.4 Å². The topological polar surface area (TPSA) is 111 Å². The van der Waals surface area contributed by atoms with Gasteiger partial charge in [-0.3, -0.25) is 0 Å². The number of hydrogen-bond acceptors (Lipinski definition) is 6. The van der Waals surface area contributed by atoms with Gasteiger partial charge in [0.1, 0.15) is 5.03 Å². The van der Waals surface area contributed by atoms with E-state index in [1.807, 2.05) is 0 Å². The molecule has 3 atom stereocenters. The zero-order chi connectivity index (χ0) is 18.4. The Bertz CT molecular complexity index is 707. The second kappa shape index (κ2) is 8.96. The molecule has 0 aliphatic rings. The first-order valence-electron chi connectivity index (χ1n) is 7.81. The van der Waals surface area contributed by atoms with Crippen molar-refractivity contribution in [2.45, 2.75) is 30.8 Å². The van der Waals surface area contributed by atoms with Crippen molar-refractivity contribution in [3.8, 4) is 0 Å². The minimum absolute atomic E-state index is 0.0683. The minimum atomic E-state index is -1.07. The number of benzene rings is 1. The van der Waals surface area contributed by atoms with Gasteiger partial charge in [0, 0.05) is 17.9 Å². The average Bonchev–Trinajstić information content (AvgIpc) is 2.65. The van der Waals surface area contributed by atoms with E-state index in [2.05, 4.69) is 4.98 Å². The van der Waals surface area contributed by atoms with Gasteiger partial charge in [0.15, 0.2) is 0 Å². The predicted octanol–water partition coefficient (Wildman–Crippen LogP) is 2.09. The fraction of sp³-hybridized carbons (Fsp3) is 0.333.